The fourth-order valence-electron chi connectivity index (χ4n) is 1.33. The van der Waals surface area contributed by atoms with Gasteiger partial charge in [0.2, 0.25) is 5.91 Å². The van der Waals surface area contributed by atoms with Crippen LogP contribution in [0.5, 0.6) is 0 Å². The number of nitrogens with one attached hydrogen (secondary N) is 1. The number of anilines is 1. The molecule has 0 fully saturated rings. The summed E-state index contributed by atoms with van der Waals surface area (Å²) < 4.78 is 13.5. The van der Waals surface area contributed by atoms with Crippen LogP contribution in [0.25, 0.3) is 0 Å². The standard InChI is InChI=1S/C13H13FN2O3/c1-8(17)16-5-3-2-4-9-6-10(13(18)19)12(15)7-11(9)14/h6-7H,3,5,15H2,1H3,(H,16,17)(H,18,19). The summed E-state index contributed by atoms with van der Waals surface area (Å²) in [5, 5.41) is 11.4. The first-order chi connectivity index (χ1) is 8.91. The van der Waals surface area contributed by atoms with E-state index in [1.165, 1.54) is 6.92 Å². The SMILES string of the molecule is CC(=O)NCCC#Cc1cc(C(=O)O)c(N)cc1F. The zero-order chi connectivity index (χ0) is 14.4. The zero-order valence-electron chi connectivity index (χ0n) is 10.3. The van der Waals surface area contributed by atoms with Gasteiger partial charge >= 0.3 is 5.97 Å². The van der Waals surface area contributed by atoms with E-state index in [1.807, 2.05) is 0 Å². The quantitative estimate of drug-likeness (QED) is 0.431. The number of carbonyl (C=O) groups excluding carboxylic acids is 1. The van der Waals surface area contributed by atoms with Crippen LogP contribution in [0.3, 0.4) is 0 Å². The number of nitrogen functional groups attached to an aromatic ring is 1. The minimum absolute atomic E-state index is 0.0329. The Morgan fingerprint density at radius 3 is 2.74 bits per heavy atom. The zero-order valence-corrected chi connectivity index (χ0v) is 10.3. The monoisotopic (exact) mass is 264 g/mol. The van der Waals surface area contributed by atoms with Gasteiger partial charge in [-0.25, -0.2) is 9.18 Å². The van der Waals surface area contributed by atoms with Crippen LogP contribution in [0, 0.1) is 17.7 Å². The van der Waals surface area contributed by atoms with Crippen molar-refractivity contribution in [2.24, 2.45) is 0 Å². The average molecular weight is 264 g/mol. The van der Waals surface area contributed by atoms with Gasteiger partial charge < -0.3 is 16.2 Å². The summed E-state index contributed by atoms with van der Waals surface area (Å²) in [6.07, 6.45) is 0.339. The van der Waals surface area contributed by atoms with Gasteiger partial charge in [0.25, 0.3) is 0 Å². The van der Waals surface area contributed by atoms with Crippen LogP contribution < -0.4 is 11.1 Å². The molecule has 0 bridgehead atoms. The maximum atomic E-state index is 13.5. The fourth-order valence-corrected chi connectivity index (χ4v) is 1.33. The van der Waals surface area contributed by atoms with Gasteiger partial charge in [-0.05, 0) is 12.1 Å². The summed E-state index contributed by atoms with van der Waals surface area (Å²) in [5.41, 5.74) is 5.02. The third-order valence-electron chi connectivity index (χ3n) is 2.22. The van der Waals surface area contributed by atoms with E-state index in [2.05, 4.69) is 17.2 Å². The van der Waals surface area contributed by atoms with E-state index in [-0.39, 0.29) is 22.7 Å². The van der Waals surface area contributed by atoms with Crippen LogP contribution in [0.15, 0.2) is 12.1 Å². The molecule has 6 heteroatoms. The molecule has 4 N–H and O–H groups in total. The first kappa shape index (κ1) is 14.5. The van der Waals surface area contributed by atoms with E-state index in [4.69, 9.17) is 10.8 Å². The van der Waals surface area contributed by atoms with Gasteiger partial charge in [0.15, 0.2) is 0 Å². The molecule has 0 radical (unpaired) electrons. The van der Waals surface area contributed by atoms with E-state index in [1.54, 1.807) is 0 Å². The van der Waals surface area contributed by atoms with Crippen molar-refractivity contribution in [2.75, 3.05) is 12.3 Å². The Kier molecular flexibility index (Phi) is 4.89. The molecule has 0 aliphatic heterocycles. The molecule has 1 amide bonds. The summed E-state index contributed by atoms with van der Waals surface area (Å²) in [6, 6.07) is 2.03. The van der Waals surface area contributed by atoms with E-state index in [0.29, 0.717) is 13.0 Å². The number of carboxylic acid groups (broad SMARTS) is 1. The summed E-state index contributed by atoms with van der Waals surface area (Å²) in [6.45, 7) is 1.73. The summed E-state index contributed by atoms with van der Waals surface area (Å²) in [4.78, 5) is 21.4. The van der Waals surface area contributed by atoms with Gasteiger partial charge in [0.1, 0.15) is 5.82 Å². The van der Waals surface area contributed by atoms with Crippen molar-refractivity contribution in [2.45, 2.75) is 13.3 Å². The normalized spacial score (nSPS) is 9.37. The minimum Gasteiger partial charge on any atom is -0.478 e. The minimum atomic E-state index is -1.24. The van der Waals surface area contributed by atoms with Gasteiger partial charge in [-0.3, -0.25) is 4.79 Å². The van der Waals surface area contributed by atoms with Crippen molar-refractivity contribution in [3.8, 4) is 11.8 Å². The highest BCUT2D eigenvalue weighted by atomic mass is 19.1. The molecule has 1 aromatic carbocycles. The van der Waals surface area contributed by atoms with Gasteiger partial charge in [0, 0.05) is 25.6 Å². The lowest BCUT2D eigenvalue weighted by Crippen LogP contribution is -2.20. The highest BCUT2D eigenvalue weighted by Crippen LogP contribution is 2.17. The molecular weight excluding hydrogens is 251 g/mol. The Labute approximate surface area is 109 Å². The van der Waals surface area contributed by atoms with E-state index in [9.17, 15) is 14.0 Å². The van der Waals surface area contributed by atoms with Crippen molar-refractivity contribution in [1.82, 2.24) is 5.32 Å². The second-order valence-electron chi connectivity index (χ2n) is 3.76. The second-order valence-corrected chi connectivity index (χ2v) is 3.76. The predicted octanol–water partition coefficient (Wildman–Crippen LogP) is 0.984. The molecule has 0 atom stereocenters. The molecule has 5 nitrogen and oxygen atoms in total. The van der Waals surface area contributed by atoms with Crippen LogP contribution in [-0.2, 0) is 4.79 Å². The maximum absolute atomic E-state index is 13.5. The summed E-state index contributed by atoms with van der Waals surface area (Å²) in [5.74, 6) is 3.08. The average Bonchev–Trinajstić information content (AvgIpc) is 2.30. The van der Waals surface area contributed by atoms with Gasteiger partial charge in [-0.1, -0.05) is 11.8 Å². The number of halogens is 1. The molecular formula is C13H13FN2O3. The molecule has 1 aromatic rings. The molecule has 100 valence electrons. The fraction of sp³-hybridized carbons (Fsp3) is 0.231. The van der Waals surface area contributed by atoms with Crippen molar-refractivity contribution in [3.05, 3.63) is 29.1 Å². The van der Waals surface area contributed by atoms with E-state index < -0.39 is 11.8 Å². The molecule has 0 heterocycles. The molecule has 0 aromatic heterocycles. The Morgan fingerprint density at radius 1 is 1.47 bits per heavy atom. The smallest absolute Gasteiger partial charge is 0.337 e. The topological polar surface area (TPSA) is 92.4 Å². The van der Waals surface area contributed by atoms with Crippen molar-refractivity contribution in [1.29, 1.82) is 0 Å². The number of carbonyl (C=O) groups is 2. The highest BCUT2D eigenvalue weighted by Gasteiger charge is 2.11. The predicted molar refractivity (Wildman–Crippen MR) is 68.0 cm³/mol. The Hall–Kier alpha value is -2.55. The Balaban J connectivity index is 2.84. The first-order valence-corrected chi connectivity index (χ1v) is 5.47. The number of amides is 1. The number of benzene rings is 1. The van der Waals surface area contributed by atoms with Crippen LogP contribution >= 0.6 is 0 Å². The largest absolute Gasteiger partial charge is 0.478 e. The van der Waals surface area contributed by atoms with Crippen LogP contribution in [0.1, 0.15) is 29.3 Å². The Bertz CT molecular complexity index is 573. The van der Waals surface area contributed by atoms with E-state index in [0.717, 1.165) is 12.1 Å². The molecule has 0 saturated carbocycles. The molecule has 0 spiro atoms. The number of aromatic carboxylic acids is 1. The number of carboxylic acids is 1. The van der Waals surface area contributed by atoms with Crippen molar-refractivity contribution in [3.63, 3.8) is 0 Å². The van der Waals surface area contributed by atoms with Crippen LogP contribution in [0.2, 0.25) is 0 Å². The second kappa shape index (κ2) is 6.40. The van der Waals surface area contributed by atoms with Crippen LogP contribution in [-0.4, -0.2) is 23.5 Å². The van der Waals surface area contributed by atoms with Gasteiger partial charge in [0.05, 0.1) is 11.1 Å². The molecule has 1 rings (SSSR count). The number of hydrogen-bond acceptors (Lipinski definition) is 3. The summed E-state index contributed by atoms with van der Waals surface area (Å²) >= 11 is 0. The van der Waals surface area contributed by atoms with E-state index >= 15 is 0 Å². The highest BCUT2D eigenvalue weighted by molar-refractivity contribution is 5.94. The van der Waals surface area contributed by atoms with Crippen molar-refractivity contribution >= 4 is 17.6 Å². The van der Waals surface area contributed by atoms with Gasteiger partial charge in [-0.2, -0.15) is 0 Å². The third kappa shape index (κ3) is 4.32. The number of rotatable bonds is 3. The lowest BCUT2D eigenvalue weighted by Gasteiger charge is -2.02. The molecule has 19 heavy (non-hydrogen) atoms. The molecule has 0 aliphatic rings. The number of nitrogens with two attached hydrogens (primary N) is 1. The lowest BCUT2D eigenvalue weighted by molar-refractivity contribution is -0.118. The van der Waals surface area contributed by atoms with Gasteiger partial charge in [-0.15, -0.1) is 0 Å². The number of hydrogen-bond donors (Lipinski definition) is 3. The lowest BCUT2D eigenvalue weighted by atomic mass is 10.1. The van der Waals surface area contributed by atoms with Crippen molar-refractivity contribution < 1.29 is 19.1 Å². The maximum Gasteiger partial charge on any atom is 0.337 e. The van der Waals surface area contributed by atoms with Crippen LogP contribution in [0.4, 0.5) is 10.1 Å². The third-order valence-corrected chi connectivity index (χ3v) is 2.22. The Morgan fingerprint density at radius 2 is 2.16 bits per heavy atom. The summed E-state index contributed by atoms with van der Waals surface area (Å²) in [7, 11) is 0. The molecule has 0 aliphatic carbocycles. The molecule has 0 saturated heterocycles. The molecule has 0 unspecified atom stereocenters. The first-order valence-electron chi connectivity index (χ1n) is 5.47.